The molecule has 4 aliphatic carbocycles. The van der Waals surface area contributed by atoms with Gasteiger partial charge in [-0.25, -0.2) is 0 Å². The Hall–Kier alpha value is -0.750. The molecule has 4 aliphatic rings. The molecule has 4 fully saturated rings. The van der Waals surface area contributed by atoms with Crippen molar-refractivity contribution in [3.05, 3.63) is 28.8 Å². The van der Waals surface area contributed by atoms with Crippen molar-refractivity contribution >= 4 is 39.1 Å². The first-order valence-corrected chi connectivity index (χ1v) is 10.1. The van der Waals surface area contributed by atoms with E-state index in [0.717, 1.165) is 25.3 Å². The SMILES string of the molecule is O=C(CC12CC3CC(CC(Br)(C3)C1)C2)Nc1ccc(Cl)c(C(F)(F)F)c1. The molecule has 0 radical (unpaired) electrons. The van der Waals surface area contributed by atoms with Gasteiger partial charge in [-0.3, -0.25) is 4.79 Å². The summed E-state index contributed by atoms with van der Waals surface area (Å²) in [6, 6.07) is 3.51. The van der Waals surface area contributed by atoms with Gasteiger partial charge in [0.1, 0.15) is 0 Å². The average Bonchev–Trinajstić information content (AvgIpc) is 2.44. The summed E-state index contributed by atoms with van der Waals surface area (Å²) in [6.45, 7) is 0. The first-order valence-electron chi connectivity index (χ1n) is 8.91. The van der Waals surface area contributed by atoms with Crippen molar-refractivity contribution in [3.63, 3.8) is 0 Å². The molecule has 0 saturated heterocycles. The van der Waals surface area contributed by atoms with E-state index in [0.29, 0.717) is 18.3 Å². The largest absolute Gasteiger partial charge is 0.417 e. The highest BCUT2D eigenvalue weighted by atomic mass is 79.9. The number of benzene rings is 1. The third-order valence-electron chi connectivity index (χ3n) is 6.20. The van der Waals surface area contributed by atoms with E-state index in [2.05, 4.69) is 21.2 Å². The third kappa shape index (κ3) is 3.51. The zero-order valence-electron chi connectivity index (χ0n) is 14.1. The number of anilines is 1. The molecule has 0 spiro atoms. The van der Waals surface area contributed by atoms with E-state index in [-0.39, 0.29) is 26.4 Å². The normalized spacial score (nSPS) is 35.6. The summed E-state index contributed by atoms with van der Waals surface area (Å²) in [7, 11) is 0. The minimum Gasteiger partial charge on any atom is -0.326 e. The highest BCUT2D eigenvalue weighted by Gasteiger charge is 2.57. The lowest BCUT2D eigenvalue weighted by Crippen LogP contribution is -2.53. The Kier molecular flexibility index (Phi) is 4.39. The van der Waals surface area contributed by atoms with Crippen LogP contribution >= 0.6 is 27.5 Å². The number of rotatable bonds is 3. The summed E-state index contributed by atoms with van der Waals surface area (Å²) in [5.74, 6) is 1.12. The predicted octanol–water partition coefficient (Wildman–Crippen LogP) is 6.42. The Bertz CT molecular complexity index is 737. The van der Waals surface area contributed by atoms with Crippen LogP contribution in [-0.4, -0.2) is 10.2 Å². The third-order valence-corrected chi connectivity index (χ3v) is 7.46. The van der Waals surface area contributed by atoms with Gasteiger partial charge in [-0.2, -0.15) is 13.2 Å². The molecule has 1 amide bonds. The summed E-state index contributed by atoms with van der Waals surface area (Å²) in [6.07, 6.45) is 2.53. The van der Waals surface area contributed by atoms with Gasteiger partial charge in [0.25, 0.3) is 0 Å². The van der Waals surface area contributed by atoms with Crippen LogP contribution in [0.2, 0.25) is 5.02 Å². The molecular formula is C19H20BrClF3NO. The van der Waals surface area contributed by atoms with Gasteiger partial charge < -0.3 is 5.32 Å². The van der Waals surface area contributed by atoms with Gasteiger partial charge in [-0.15, -0.1) is 0 Å². The van der Waals surface area contributed by atoms with Crippen LogP contribution in [0.4, 0.5) is 18.9 Å². The van der Waals surface area contributed by atoms with Crippen molar-refractivity contribution in [2.75, 3.05) is 5.32 Å². The van der Waals surface area contributed by atoms with Gasteiger partial charge >= 0.3 is 6.18 Å². The summed E-state index contributed by atoms with van der Waals surface area (Å²) < 4.78 is 39.1. The monoisotopic (exact) mass is 449 g/mol. The summed E-state index contributed by atoms with van der Waals surface area (Å²) in [5.41, 5.74) is -0.798. The van der Waals surface area contributed by atoms with Gasteiger partial charge in [0.2, 0.25) is 5.91 Å². The smallest absolute Gasteiger partial charge is 0.326 e. The molecule has 5 rings (SSSR count). The molecule has 1 N–H and O–H groups in total. The number of halogens is 5. The Balaban J connectivity index is 1.48. The first kappa shape index (κ1) is 18.6. The topological polar surface area (TPSA) is 29.1 Å². The molecule has 0 aromatic heterocycles. The van der Waals surface area contributed by atoms with Crippen molar-refractivity contribution in [2.24, 2.45) is 17.3 Å². The minimum absolute atomic E-state index is 0.0169. The number of alkyl halides is 4. The molecule has 1 aromatic rings. The number of hydrogen-bond acceptors (Lipinski definition) is 1. The Morgan fingerprint density at radius 3 is 2.46 bits per heavy atom. The molecule has 2 nitrogen and oxygen atoms in total. The zero-order valence-corrected chi connectivity index (χ0v) is 16.5. The van der Waals surface area contributed by atoms with E-state index in [1.165, 1.54) is 31.4 Å². The van der Waals surface area contributed by atoms with Crippen LogP contribution in [0.1, 0.15) is 50.5 Å². The molecule has 2 unspecified atom stereocenters. The van der Waals surface area contributed by atoms with Crippen molar-refractivity contribution < 1.29 is 18.0 Å². The van der Waals surface area contributed by atoms with Crippen LogP contribution < -0.4 is 5.32 Å². The van der Waals surface area contributed by atoms with E-state index in [1.54, 1.807) is 0 Å². The molecule has 2 atom stereocenters. The van der Waals surface area contributed by atoms with Crippen molar-refractivity contribution in [3.8, 4) is 0 Å². The van der Waals surface area contributed by atoms with E-state index >= 15 is 0 Å². The van der Waals surface area contributed by atoms with Crippen LogP contribution in [0.5, 0.6) is 0 Å². The van der Waals surface area contributed by atoms with Crippen LogP contribution in [0.3, 0.4) is 0 Å². The molecule has 1 aromatic carbocycles. The van der Waals surface area contributed by atoms with E-state index < -0.39 is 11.7 Å². The van der Waals surface area contributed by atoms with Crippen molar-refractivity contribution in [2.45, 2.75) is 55.4 Å². The maximum absolute atomic E-state index is 13.0. The Labute approximate surface area is 164 Å². The minimum atomic E-state index is -4.54. The van der Waals surface area contributed by atoms with E-state index in [9.17, 15) is 18.0 Å². The lowest BCUT2D eigenvalue weighted by atomic mass is 9.48. The lowest BCUT2D eigenvalue weighted by molar-refractivity contribution is -0.137. The molecule has 0 aliphatic heterocycles. The fourth-order valence-corrected chi connectivity index (χ4v) is 7.64. The second kappa shape index (κ2) is 6.13. The number of amides is 1. The van der Waals surface area contributed by atoms with Crippen LogP contribution in [-0.2, 0) is 11.0 Å². The maximum Gasteiger partial charge on any atom is 0.417 e. The molecule has 7 heteroatoms. The summed E-state index contributed by atoms with van der Waals surface area (Å²) in [4.78, 5) is 12.6. The Morgan fingerprint density at radius 2 is 1.88 bits per heavy atom. The molecule has 0 heterocycles. The van der Waals surface area contributed by atoms with Crippen LogP contribution in [0, 0.1) is 17.3 Å². The molecule has 4 saturated carbocycles. The van der Waals surface area contributed by atoms with Crippen LogP contribution in [0.25, 0.3) is 0 Å². The zero-order chi connectivity index (χ0) is 18.7. The van der Waals surface area contributed by atoms with Gasteiger partial charge in [0.05, 0.1) is 10.6 Å². The Morgan fingerprint density at radius 1 is 1.23 bits per heavy atom. The van der Waals surface area contributed by atoms with Gasteiger partial charge in [0.15, 0.2) is 0 Å². The van der Waals surface area contributed by atoms with E-state index in [4.69, 9.17) is 11.6 Å². The standard InChI is InChI=1S/C19H20BrClF3NO/c20-18-7-11-3-12(8-18)6-17(5-11,10-18)9-16(26)25-13-1-2-15(21)14(4-13)19(22,23)24/h1-2,4,11-12H,3,5-10H2,(H,25,26). The lowest BCUT2D eigenvalue weighted by Gasteiger charge is -2.60. The van der Waals surface area contributed by atoms with Gasteiger partial charge in [-0.1, -0.05) is 27.5 Å². The summed E-state index contributed by atoms with van der Waals surface area (Å²) in [5, 5.41) is 2.29. The fraction of sp³-hybridized carbons (Fsp3) is 0.632. The number of carbonyl (C=O) groups excluding carboxylic acids is 1. The number of hydrogen-bond donors (Lipinski definition) is 1. The number of nitrogens with one attached hydrogen (secondary N) is 1. The van der Waals surface area contributed by atoms with E-state index in [1.807, 2.05) is 0 Å². The quantitative estimate of drug-likeness (QED) is 0.529. The molecule has 26 heavy (non-hydrogen) atoms. The second-order valence-corrected chi connectivity index (χ2v) is 10.6. The number of carbonyl (C=O) groups is 1. The highest BCUT2D eigenvalue weighted by Crippen LogP contribution is 2.65. The highest BCUT2D eigenvalue weighted by molar-refractivity contribution is 9.10. The van der Waals surface area contributed by atoms with Gasteiger partial charge in [0, 0.05) is 16.4 Å². The van der Waals surface area contributed by atoms with Gasteiger partial charge in [-0.05, 0) is 74.0 Å². The molecule has 142 valence electrons. The summed E-state index contributed by atoms with van der Waals surface area (Å²) >= 11 is 9.56. The van der Waals surface area contributed by atoms with Crippen molar-refractivity contribution in [1.82, 2.24) is 0 Å². The first-order chi connectivity index (χ1) is 12.1. The fourth-order valence-electron chi connectivity index (χ4n) is 5.91. The van der Waals surface area contributed by atoms with Crippen LogP contribution in [0.15, 0.2) is 18.2 Å². The van der Waals surface area contributed by atoms with Crippen molar-refractivity contribution in [1.29, 1.82) is 0 Å². The second-order valence-electron chi connectivity index (χ2n) is 8.53. The molecule has 4 bridgehead atoms. The average molecular weight is 451 g/mol. The predicted molar refractivity (Wildman–Crippen MR) is 98.5 cm³/mol. The molecular weight excluding hydrogens is 431 g/mol. The maximum atomic E-state index is 13.0.